The molecule has 214 valence electrons. The molecule has 1 saturated heterocycles. The molecule has 0 bridgehead atoms. The third kappa shape index (κ3) is 9.30. The molecule has 0 aromatic carbocycles. The number of nitrogens with zero attached hydrogens (tertiary/aromatic N) is 2. The summed E-state index contributed by atoms with van der Waals surface area (Å²) in [5, 5.41) is 24.9. The third-order valence-electron chi connectivity index (χ3n) is 7.29. The Hall–Kier alpha value is -3.01. The van der Waals surface area contributed by atoms with Crippen LogP contribution in [0.25, 0.3) is 0 Å². The lowest BCUT2D eigenvalue weighted by atomic mass is 9.88. The van der Waals surface area contributed by atoms with Crippen molar-refractivity contribution in [2.45, 2.75) is 76.8 Å². The molecule has 39 heavy (non-hydrogen) atoms. The van der Waals surface area contributed by atoms with E-state index in [1.165, 1.54) is 0 Å². The van der Waals surface area contributed by atoms with Crippen molar-refractivity contribution in [2.24, 2.45) is 5.92 Å². The zero-order chi connectivity index (χ0) is 28.4. The van der Waals surface area contributed by atoms with Gasteiger partial charge in [-0.1, -0.05) is 44.2 Å². The number of esters is 1. The fourth-order valence-electron chi connectivity index (χ4n) is 4.69. The third-order valence-corrected chi connectivity index (χ3v) is 7.29. The van der Waals surface area contributed by atoms with Crippen LogP contribution in [0, 0.1) is 5.92 Å². The van der Waals surface area contributed by atoms with Crippen molar-refractivity contribution >= 4 is 12.1 Å². The van der Waals surface area contributed by atoms with E-state index in [1.54, 1.807) is 24.1 Å². The van der Waals surface area contributed by atoms with Gasteiger partial charge in [0.15, 0.2) is 6.10 Å². The number of nitrogens with one attached hydrogen (secondary N) is 1. The van der Waals surface area contributed by atoms with Gasteiger partial charge < -0.3 is 29.9 Å². The molecule has 0 saturated carbocycles. The standard InChI is InChI=1S/C30H43N3O6/c1-21(25-10-5-6-15-32-25)8-7-9-22(2)28-23(3)11-12-26(38-29(36)33-18-16-31-17-19-33)30(4,37)14-13-24(34)20-27(35)39-28/h5-12,15,21,23-24,26,28,31,34,37H,13-14,16-20H2,1-4H3/b8-7+,12-11+,22-9+/t21-,23+,24-,26+,28-,30-/m1/s1. The largest absolute Gasteiger partial charge is 0.457 e. The van der Waals surface area contributed by atoms with E-state index in [2.05, 4.69) is 17.2 Å². The number of aromatic nitrogens is 1. The van der Waals surface area contributed by atoms with E-state index in [0.29, 0.717) is 26.2 Å². The number of carbonyl (C=O) groups excluding carboxylic acids is 2. The second kappa shape index (κ2) is 14.4. The number of pyridine rings is 1. The Bertz CT molecular complexity index is 1030. The van der Waals surface area contributed by atoms with Crippen LogP contribution in [0.4, 0.5) is 4.79 Å². The molecular formula is C30H43N3O6. The molecule has 9 heteroatoms. The zero-order valence-electron chi connectivity index (χ0n) is 23.5. The highest BCUT2D eigenvalue weighted by atomic mass is 16.6. The summed E-state index contributed by atoms with van der Waals surface area (Å²) in [7, 11) is 0. The highest BCUT2D eigenvalue weighted by Crippen LogP contribution is 2.27. The number of hydrogen-bond donors (Lipinski definition) is 3. The molecule has 3 rings (SSSR count). The molecule has 6 atom stereocenters. The lowest BCUT2D eigenvalue weighted by molar-refractivity contribution is -0.151. The number of allylic oxidation sites excluding steroid dienone is 3. The predicted molar refractivity (Wildman–Crippen MR) is 149 cm³/mol. The molecule has 3 N–H and O–H groups in total. The second-order valence-corrected chi connectivity index (χ2v) is 10.8. The predicted octanol–water partition coefficient (Wildman–Crippen LogP) is 3.50. The maximum atomic E-state index is 12.9. The van der Waals surface area contributed by atoms with Crippen LogP contribution in [-0.4, -0.2) is 82.3 Å². The zero-order valence-corrected chi connectivity index (χ0v) is 23.5. The highest BCUT2D eigenvalue weighted by molar-refractivity contribution is 5.70. The molecular weight excluding hydrogens is 498 g/mol. The number of carbonyl (C=O) groups is 2. The van der Waals surface area contributed by atoms with Gasteiger partial charge in [0.05, 0.1) is 12.5 Å². The van der Waals surface area contributed by atoms with E-state index in [1.807, 2.05) is 56.4 Å². The van der Waals surface area contributed by atoms with Crippen molar-refractivity contribution in [3.05, 3.63) is 66.0 Å². The van der Waals surface area contributed by atoms with Crippen LogP contribution in [0.5, 0.6) is 0 Å². The Labute approximate surface area is 231 Å². The number of ether oxygens (including phenoxy) is 2. The van der Waals surface area contributed by atoms with E-state index in [9.17, 15) is 19.8 Å². The van der Waals surface area contributed by atoms with Gasteiger partial charge in [-0.05, 0) is 50.5 Å². The number of aliphatic hydroxyl groups excluding tert-OH is 1. The smallest absolute Gasteiger partial charge is 0.410 e. The average molecular weight is 542 g/mol. The minimum Gasteiger partial charge on any atom is -0.457 e. The van der Waals surface area contributed by atoms with Crippen LogP contribution in [0.2, 0.25) is 0 Å². The van der Waals surface area contributed by atoms with Gasteiger partial charge in [0.1, 0.15) is 11.7 Å². The lowest BCUT2D eigenvalue weighted by Gasteiger charge is -2.35. The first kappa shape index (κ1) is 30.5. The number of cyclic esters (lactones) is 1. The van der Waals surface area contributed by atoms with Crippen LogP contribution in [-0.2, 0) is 14.3 Å². The van der Waals surface area contributed by atoms with Gasteiger partial charge in [0.25, 0.3) is 0 Å². The van der Waals surface area contributed by atoms with Gasteiger partial charge in [-0.25, -0.2) is 4.79 Å². The summed E-state index contributed by atoms with van der Waals surface area (Å²) in [6, 6.07) is 5.80. The number of hydrogen-bond acceptors (Lipinski definition) is 8. The van der Waals surface area contributed by atoms with Crippen molar-refractivity contribution in [2.75, 3.05) is 26.2 Å². The minimum atomic E-state index is -1.44. The maximum Gasteiger partial charge on any atom is 0.410 e. The molecule has 1 fully saturated rings. The molecule has 0 spiro atoms. The maximum absolute atomic E-state index is 12.9. The fourth-order valence-corrected chi connectivity index (χ4v) is 4.69. The van der Waals surface area contributed by atoms with Crippen LogP contribution in [0.15, 0.2) is 60.3 Å². The molecule has 0 radical (unpaired) electrons. The van der Waals surface area contributed by atoms with Crippen molar-refractivity contribution < 1.29 is 29.3 Å². The molecule has 0 aliphatic carbocycles. The summed E-state index contributed by atoms with van der Waals surface area (Å²) in [5.74, 6) is -0.692. The SMILES string of the molecule is C/C(=C\C=C\[C@@H](C)c1ccccn1)[C@H]1OC(=O)C[C@H](O)CC[C@@](C)(O)[C@@H](OC(=O)N2CCNCC2)/C=C/[C@@H]1C. The Kier molecular flexibility index (Phi) is 11.3. The Morgan fingerprint density at radius 3 is 2.74 bits per heavy atom. The summed E-state index contributed by atoms with van der Waals surface area (Å²) < 4.78 is 11.6. The van der Waals surface area contributed by atoms with Gasteiger partial charge in [-0.3, -0.25) is 9.78 Å². The van der Waals surface area contributed by atoms with Crippen molar-refractivity contribution in [1.82, 2.24) is 15.2 Å². The molecule has 0 unspecified atom stereocenters. The number of rotatable bonds is 5. The van der Waals surface area contributed by atoms with Crippen LogP contribution in [0.1, 0.15) is 58.6 Å². The van der Waals surface area contributed by atoms with E-state index in [-0.39, 0.29) is 31.1 Å². The summed E-state index contributed by atoms with van der Waals surface area (Å²) in [6.45, 7) is 9.85. The first-order valence-electron chi connectivity index (χ1n) is 13.8. The van der Waals surface area contributed by atoms with Crippen molar-refractivity contribution in [1.29, 1.82) is 0 Å². The van der Waals surface area contributed by atoms with Gasteiger partial charge in [0, 0.05) is 49.9 Å². The molecule has 2 aliphatic rings. The Morgan fingerprint density at radius 2 is 2.05 bits per heavy atom. The molecule has 1 aromatic heterocycles. The van der Waals surface area contributed by atoms with Gasteiger partial charge in [-0.2, -0.15) is 0 Å². The summed E-state index contributed by atoms with van der Waals surface area (Å²) >= 11 is 0. The average Bonchev–Trinajstić information content (AvgIpc) is 2.92. The van der Waals surface area contributed by atoms with E-state index < -0.39 is 36.0 Å². The Morgan fingerprint density at radius 1 is 1.31 bits per heavy atom. The summed E-state index contributed by atoms with van der Waals surface area (Å²) in [5.41, 5.74) is 0.336. The topological polar surface area (TPSA) is 121 Å². The quantitative estimate of drug-likeness (QED) is 0.294. The summed E-state index contributed by atoms with van der Waals surface area (Å²) in [6.07, 6.45) is 8.19. The van der Waals surface area contributed by atoms with Crippen molar-refractivity contribution in [3.8, 4) is 0 Å². The van der Waals surface area contributed by atoms with Crippen LogP contribution in [0.3, 0.4) is 0 Å². The lowest BCUT2D eigenvalue weighted by Crippen LogP contribution is -2.50. The first-order chi connectivity index (χ1) is 18.6. The number of aliphatic hydroxyl groups is 2. The molecule has 1 aromatic rings. The normalized spacial score (nSPS) is 31.1. The van der Waals surface area contributed by atoms with Crippen LogP contribution >= 0.6 is 0 Å². The molecule has 1 amide bonds. The van der Waals surface area contributed by atoms with Gasteiger partial charge in [-0.15, -0.1) is 0 Å². The van der Waals surface area contributed by atoms with E-state index >= 15 is 0 Å². The summed E-state index contributed by atoms with van der Waals surface area (Å²) in [4.78, 5) is 31.5. The minimum absolute atomic E-state index is 0.106. The van der Waals surface area contributed by atoms with Gasteiger partial charge in [0.2, 0.25) is 0 Å². The molecule has 9 nitrogen and oxygen atoms in total. The number of amides is 1. The fraction of sp³-hybridized carbons (Fsp3) is 0.567. The highest BCUT2D eigenvalue weighted by Gasteiger charge is 2.36. The van der Waals surface area contributed by atoms with Crippen LogP contribution < -0.4 is 5.32 Å². The van der Waals surface area contributed by atoms with E-state index in [4.69, 9.17) is 9.47 Å². The molecule has 2 aliphatic heterocycles. The van der Waals surface area contributed by atoms with E-state index in [0.717, 1.165) is 11.3 Å². The number of piperazine rings is 1. The monoisotopic (exact) mass is 541 g/mol. The molecule has 3 heterocycles. The second-order valence-electron chi connectivity index (χ2n) is 10.8. The van der Waals surface area contributed by atoms with Gasteiger partial charge >= 0.3 is 12.1 Å². The van der Waals surface area contributed by atoms with Crippen molar-refractivity contribution in [3.63, 3.8) is 0 Å². The Balaban J connectivity index is 1.81. The first-order valence-corrected chi connectivity index (χ1v) is 13.8.